The number of aromatic amines is 1. The van der Waals surface area contributed by atoms with Gasteiger partial charge in [0.05, 0.1) is 5.02 Å². The second-order valence-corrected chi connectivity index (χ2v) is 6.20. The van der Waals surface area contributed by atoms with E-state index in [1.165, 1.54) is 12.1 Å². The van der Waals surface area contributed by atoms with Crippen molar-refractivity contribution in [2.45, 2.75) is 19.8 Å². The molecular weight excluding hydrogens is 355 g/mol. The van der Waals surface area contributed by atoms with Crippen molar-refractivity contribution < 1.29 is 4.39 Å². The fraction of sp³-hybridized carbons (Fsp3) is 0.211. The molecule has 134 valence electrons. The van der Waals surface area contributed by atoms with Crippen molar-refractivity contribution in [2.75, 3.05) is 11.9 Å². The number of hydrogen-bond acceptors (Lipinski definition) is 4. The first-order valence-electron chi connectivity index (χ1n) is 8.30. The van der Waals surface area contributed by atoms with E-state index in [0.29, 0.717) is 30.2 Å². The molecule has 2 aromatic heterocycles. The SMILES string of the molecule is CCc1cc(NCCc2cc[nH]c(=O)c2)nc(-c2ccc(F)c(Cl)c2)n1. The maximum Gasteiger partial charge on any atom is 0.248 e. The lowest BCUT2D eigenvalue weighted by atomic mass is 10.2. The van der Waals surface area contributed by atoms with Crippen LogP contribution >= 0.6 is 11.6 Å². The highest BCUT2D eigenvalue weighted by molar-refractivity contribution is 6.31. The highest BCUT2D eigenvalue weighted by Crippen LogP contribution is 2.24. The summed E-state index contributed by atoms with van der Waals surface area (Å²) < 4.78 is 13.4. The van der Waals surface area contributed by atoms with Gasteiger partial charge in [0, 0.05) is 36.1 Å². The molecular formula is C19H18ClFN4O. The van der Waals surface area contributed by atoms with E-state index in [1.807, 2.05) is 19.1 Å². The summed E-state index contributed by atoms with van der Waals surface area (Å²) in [6, 6.07) is 9.76. The molecule has 0 fully saturated rings. The Balaban J connectivity index is 1.78. The number of rotatable bonds is 6. The van der Waals surface area contributed by atoms with E-state index < -0.39 is 5.82 Å². The molecule has 0 aliphatic heterocycles. The van der Waals surface area contributed by atoms with Gasteiger partial charge in [0.2, 0.25) is 5.56 Å². The van der Waals surface area contributed by atoms with Gasteiger partial charge in [0.15, 0.2) is 5.82 Å². The minimum absolute atomic E-state index is 0.0387. The molecule has 3 rings (SSSR count). The monoisotopic (exact) mass is 372 g/mol. The van der Waals surface area contributed by atoms with E-state index in [0.717, 1.165) is 17.7 Å². The molecule has 26 heavy (non-hydrogen) atoms. The molecule has 2 N–H and O–H groups in total. The van der Waals surface area contributed by atoms with Gasteiger partial charge in [-0.2, -0.15) is 0 Å². The van der Waals surface area contributed by atoms with Crippen LogP contribution in [0.3, 0.4) is 0 Å². The quantitative estimate of drug-likeness (QED) is 0.689. The van der Waals surface area contributed by atoms with Gasteiger partial charge >= 0.3 is 0 Å². The first kappa shape index (κ1) is 18.1. The van der Waals surface area contributed by atoms with Crippen molar-refractivity contribution in [3.63, 3.8) is 0 Å². The van der Waals surface area contributed by atoms with Gasteiger partial charge in [-0.05, 0) is 42.7 Å². The van der Waals surface area contributed by atoms with Crippen LogP contribution in [0, 0.1) is 5.82 Å². The van der Waals surface area contributed by atoms with Gasteiger partial charge in [-0.15, -0.1) is 0 Å². The number of nitrogens with zero attached hydrogens (tertiary/aromatic N) is 2. The van der Waals surface area contributed by atoms with E-state index in [1.54, 1.807) is 18.3 Å². The number of halogens is 2. The van der Waals surface area contributed by atoms with E-state index >= 15 is 0 Å². The van der Waals surface area contributed by atoms with Crippen LogP contribution in [0.15, 0.2) is 47.4 Å². The molecule has 0 spiro atoms. The number of anilines is 1. The van der Waals surface area contributed by atoms with Crippen LogP contribution in [-0.2, 0) is 12.8 Å². The zero-order valence-corrected chi connectivity index (χ0v) is 15.0. The van der Waals surface area contributed by atoms with Crippen molar-refractivity contribution in [1.82, 2.24) is 15.0 Å². The molecule has 0 atom stereocenters. The molecule has 0 aliphatic carbocycles. The molecule has 7 heteroatoms. The number of aryl methyl sites for hydroxylation is 1. The molecule has 1 aromatic carbocycles. The number of H-pyrrole nitrogens is 1. The largest absolute Gasteiger partial charge is 0.370 e. The minimum Gasteiger partial charge on any atom is -0.370 e. The maximum absolute atomic E-state index is 13.4. The fourth-order valence-electron chi connectivity index (χ4n) is 2.51. The molecule has 2 heterocycles. The second-order valence-electron chi connectivity index (χ2n) is 5.79. The smallest absolute Gasteiger partial charge is 0.248 e. The van der Waals surface area contributed by atoms with Gasteiger partial charge in [-0.1, -0.05) is 18.5 Å². The minimum atomic E-state index is -0.474. The Morgan fingerprint density at radius 3 is 2.77 bits per heavy atom. The van der Waals surface area contributed by atoms with E-state index in [9.17, 15) is 9.18 Å². The molecule has 5 nitrogen and oxygen atoms in total. The molecule has 0 amide bonds. The van der Waals surface area contributed by atoms with Crippen molar-refractivity contribution >= 4 is 17.4 Å². The molecule has 3 aromatic rings. The summed E-state index contributed by atoms with van der Waals surface area (Å²) in [7, 11) is 0. The summed E-state index contributed by atoms with van der Waals surface area (Å²) in [4.78, 5) is 22.9. The van der Waals surface area contributed by atoms with Crippen molar-refractivity contribution in [1.29, 1.82) is 0 Å². The average molecular weight is 373 g/mol. The first-order valence-corrected chi connectivity index (χ1v) is 8.68. The molecule has 0 bridgehead atoms. The lowest BCUT2D eigenvalue weighted by Gasteiger charge is -2.10. The van der Waals surface area contributed by atoms with Crippen LogP contribution in [0.25, 0.3) is 11.4 Å². The van der Waals surface area contributed by atoms with E-state index in [4.69, 9.17) is 11.6 Å². The highest BCUT2D eigenvalue weighted by atomic mass is 35.5. The molecule has 0 radical (unpaired) electrons. The number of benzene rings is 1. The van der Waals surface area contributed by atoms with Crippen LogP contribution in [0.5, 0.6) is 0 Å². The number of nitrogens with one attached hydrogen (secondary N) is 2. The molecule has 0 saturated carbocycles. The second kappa shape index (κ2) is 8.10. The van der Waals surface area contributed by atoms with Crippen LogP contribution in [0.4, 0.5) is 10.2 Å². The van der Waals surface area contributed by atoms with Crippen LogP contribution in [-0.4, -0.2) is 21.5 Å². The van der Waals surface area contributed by atoms with Crippen molar-refractivity contribution in [2.24, 2.45) is 0 Å². The lowest BCUT2D eigenvalue weighted by Crippen LogP contribution is -2.10. The van der Waals surface area contributed by atoms with Gasteiger partial charge in [0.25, 0.3) is 0 Å². The zero-order valence-electron chi connectivity index (χ0n) is 14.2. The Hall–Kier alpha value is -2.73. The van der Waals surface area contributed by atoms with Gasteiger partial charge in [-0.25, -0.2) is 14.4 Å². The first-order chi connectivity index (χ1) is 12.5. The molecule has 0 saturated heterocycles. The summed E-state index contributed by atoms with van der Waals surface area (Å²) in [5, 5.41) is 3.29. The van der Waals surface area contributed by atoms with Crippen molar-refractivity contribution in [3.8, 4) is 11.4 Å². The lowest BCUT2D eigenvalue weighted by molar-refractivity contribution is 0.628. The van der Waals surface area contributed by atoms with Gasteiger partial charge < -0.3 is 10.3 Å². The summed E-state index contributed by atoms with van der Waals surface area (Å²) in [6.45, 7) is 2.62. The zero-order chi connectivity index (χ0) is 18.5. The maximum atomic E-state index is 13.4. The Morgan fingerprint density at radius 2 is 2.04 bits per heavy atom. The van der Waals surface area contributed by atoms with Crippen LogP contribution in [0.2, 0.25) is 5.02 Å². The van der Waals surface area contributed by atoms with Gasteiger partial charge in [0.1, 0.15) is 11.6 Å². The Labute approximate surface area is 155 Å². The summed E-state index contributed by atoms with van der Waals surface area (Å²) in [5.74, 6) is 0.695. The summed E-state index contributed by atoms with van der Waals surface area (Å²) in [5.41, 5.74) is 2.35. The third-order valence-electron chi connectivity index (χ3n) is 3.88. The van der Waals surface area contributed by atoms with E-state index in [-0.39, 0.29) is 10.6 Å². The number of hydrogen-bond donors (Lipinski definition) is 2. The fourth-order valence-corrected chi connectivity index (χ4v) is 2.69. The highest BCUT2D eigenvalue weighted by Gasteiger charge is 2.09. The van der Waals surface area contributed by atoms with Gasteiger partial charge in [-0.3, -0.25) is 4.79 Å². The third kappa shape index (κ3) is 4.46. The van der Waals surface area contributed by atoms with Crippen LogP contribution < -0.4 is 10.9 Å². The number of aromatic nitrogens is 3. The molecule has 0 unspecified atom stereocenters. The standard InChI is InChI=1S/C19H18ClFN4O/c1-2-14-11-17(22-7-5-12-6-8-23-18(26)9-12)25-19(24-14)13-3-4-16(21)15(20)10-13/h3-4,6,8-11H,2,5,7H2,1H3,(H,23,26)(H,22,24,25). The van der Waals surface area contributed by atoms with Crippen LogP contribution in [0.1, 0.15) is 18.2 Å². The summed E-state index contributed by atoms with van der Waals surface area (Å²) >= 11 is 5.87. The van der Waals surface area contributed by atoms with E-state index in [2.05, 4.69) is 20.3 Å². The topological polar surface area (TPSA) is 70.7 Å². The third-order valence-corrected chi connectivity index (χ3v) is 4.17. The normalized spacial score (nSPS) is 10.7. The average Bonchev–Trinajstić information content (AvgIpc) is 2.64. The predicted octanol–water partition coefficient (Wildman–Crippen LogP) is 3.84. The Morgan fingerprint density at radius 1 is 1.19 bits per heavy atom. The molecule has 0 aliphatic rings. The Bertz CT molecular complexity index is 974. The summed E-state index contributed by atoms with van der Waals surface area (Å²) in [6.07, 6.45) is 3.06. The Kier molecular flexibility index (Phi) is 5.63. The van der Waals surface area contributed by atoms with Crippen molar-refractivity contribution in [3.05, 3.63) is 75.0 Å². The number of pyridine rings is 1. The predicted molar refractivity (Wildman–Crippen MR) is 101 cm³/mol.